The zero-order valence-electron chi connectivity index (χ0n) is 11.7. The molecule has 1 N–H and O–H groups in total. The predicted molar refractivity (Wildman–Crippen MR) is 79.6 cm³/mol. The molecule has 0 saturated carbocycles. The van der Waals surface area contributed by atoms with E-state index in [4.69, 9.17) is 9.47 Å². The molecular formula is C15H14N2O4S. The van der Waals surface area contributed by atoms with Gasteiger partial charge in [0.2, 0.25) is 6.79 Å². The molecular weight excluding hydrogens is 304 g/mol. The number of anilines is 1. The molecule has 1 aromatic heterocycles. The third kappa shape index (κ3) is 2.18. The molecule has 0 saturated heterocycles. The van der Waals surface area contributed by atoms with Crippen LogP contribution in [0, 0.1) is 0 Å². The maximum absolute atomic E-state index is 12.6. The van der Waals surface area contributed by atoms with E-state index in [0.29, 0.717) is 11.4 Å². The number of hydrogen-bond acceptors (Lipinski definition) is 5. The van der Waals surface area contributed by atoms with Gasteiger partial charge < -0.3 is 9.47 Å². The van der Waals surface area contributed by atoms with Crippen LogP contribution in [0.4, 0.5) is 5.69 Å². The lowest BCUT2D eigenvalue weighted by atomic mass is 10.2. The number of sulfonamides is 1. The SMILES string of the molecule is O=S(=O)(Nc1cnc2c(c1)CCC2)c1cccc2c1OCO2. The summed E-state index contributed by atoms with van der Waals surface area (Å²) in [6, 6.07) is 6.66. The van der Waals surface area contributed by atoms with Crippen molar-refractivity contribution < 1.29 is 17.9 Å². The van der Waals surface area contributed by atoms with Crippen molar-refractivity contribution in [2.75, 3.05) is 11.5 Å². The fourth-order valence-corrected chi connectivity index (χ4v) is 4.00. The van der Waals surface area contributed by atoms with E-state index in [-0.39, 0.29) is 17.4 Å². The van der Waals surface area contributed by atoms with Crippen LogP contribution >= 0.6 is 0 Å². The molecule has 2 heterocycles. The minimum Gasteiger partial charge on any atom is -0.454 e. The summed E-state index contributed by atoms with van der Waals surface area (Å²) >= 11 is 0. The first-order valence-electron chi connectivity index (χ1n) is 7.03. The van der Waals surface area contributed by atoms with E-state index in [1.807, 2.05) is 6.07 Å². The Bertz CT molecular complexity index is 849. The average Bonchev–Trinajstić information content (AvgIpc) is 3.14. The van der Waals surface area contributed by atoms with Gasteiger partial charge in [-0.3, -0.25) is 9.71 Å². The topological polar surface area (TPSA) is 77.5 Å². The molecule has 7 heteroatoms. The van der Waals surface area contributed by atoms with E-state index in [1.165, 1.54) is 6.07 Å². The lowest BCUT2D eigenvalue weighted by Crippen LogP contribution is -2.14. The maximum Gasteiger partial charge on any atom is 0.265 e. The molecule has 0 spiro atoms. The normalized spacial score (nSPS) is 15.6. The zero-order valence-corrected chi connectivity index (χ0v) is 12.5. The summed E-state index contributed by atoms with van der Waals surface area (Å²) in [6.45, 7) is 0.0300. The number of nitrogens with one attached hydrogen (secondary N) is 1. The summed E-state index contributed by atoms with van der Waals surface area (Å²) in [5.74, 6) is 0.694. The molecule has 0 atom stereocenters. The Labute approximate surface area is 128 Å². The first kappa shape index (κ1) is 13.4. The molecule has 0 bridgehead atoms. The summed E-state index contributed by atoms with van der Waals surface area (Å²) in [6.07, 6.45) is 4.52. The second-order valence-electron chi connectivity index (χ2n) is 5.28. The molecule has 0 amide bonds. The Kier molecular flexibility index (Phi) is 2.97. The number of rotatable bonds is 3. The van der Waals surface area contributed by atoms with Crippen LogP contribution in [0.3, 0.4) is 0 Å². The molecule has 1 aromatic carbocycles. The summed E-state index contributed by atoms with van der Waals surface area (Å²) in [7, 11) is -3.75. The molecule has 6 nitrogen and oxygen atoms in total. The molecule has 1 aliphatic heterocycles. The number of aromatic nitrogens is 1. The first-order valence-corrected chi connectivity index (χ1v) is 8.51. The molecule has 1 aliphatic carbocycles. The van der Waals surface area contributed by atoms with Crippen LogP contribution in [-0.4, -0.2) is 20.2 Å². The average molecular weight is 318 g/mol. The van der Waals surface area contributed by atoms with Crippen LogP contribution in [0.5, 0.6) is 11.5 Å². The highest BCUT2D eigenvalue weighted by atomic mass is 32.2. The fraction of sp³-hybridized carbons (Fsp3) is 0.267. The van der Waals surface area contributed by atoms with Crippen molar-refractivity contribution in [1.82, 2.24) is 4.98 Å². The Morgan fingerprint density at radius 2 is 2.09 bits per heavy atom. The summed E-state index contributed by atoms with van der Waals surface area (Å²) in [5.41, 5.74) is 2.63. The van der Waals surface area contributed by atoms with E-state index in [2.05, 4.69) is 9.71 Å². The second kappa shape index (κ2) is 4.88. The number of para-hydroxylation sites is 1. The van der Waals surface area contributed by atoms with Gasteiger partial charge in [-0.1, -0.05) is 6.07 Å². The van der Waals surface area contributed by atoms with Gasteiger partial charge >= 0.3 is 0 Å². The van der Waals surface area contributed by atoms with E-state index in [1.54, 1.807) is 18.3 Å². The molecule has 114 valence electrons. The van der Waals surface area contributed by atoms with Crippen LogP contribution < -0.4 is 14.2 Å². The Hall–Kier alpha value is -2.28. The van der Waals surface area contributed by atoms with Crippen molar-refractivity contribution in [3.05, 3.63) is 41.7 Å². The van der Waals surface area contributed by atoms with Crippen LogP contribution in [-0.2, 0) is 22.9 Å². The van der Waals surface area contributed by atoms with E-state index in [0.717, 1.165) is 30.5 Å². The van der Waals surface area contributed by atoms with Gasteiger partial charge in [-0.25, -0.2) is 8.42 Å². The molecule has 4 rings (SSSR count). The maximum atomic E-state index is 12.6. The summed E-state index contributed by atoms with van der Waals surface area (Å²) < 4.78 is 38.2. The van der Waals surface area contributed by atoms with Gasteiger partial charge in [-0.2, -0.15) is 0 Å². The van der Waals surface area contributed by atoms with Crippen LogP contribution in [0.25, 0.3) is 0 Å². The van der Waals surface area contributed by atoms with Crippen molar-refractivity contribution in [2.45, 2.75) is 24.2 Å². The van der Waals surface area contributed by atoms with Gasteiger partial charge in [0.25, 0.3) is 10.0 Å². The third-order valence-corrected chi connectivity index (χ3v) is 5.23. The van der Waals surface area contributed by atoms with Gasteiger partial charge in [0, 0.05) is 5.69 Å². The van der Waals surface area contributed by atoms with Crippen molar-refractivity contribution >= 4 is 15.7 Å². The number of pyridine rings is 1. The van der Waals surface area contributed by atoms with Crippen molar-refractivity contribution in [2.24, 2.45) is 0 Å². The summed E-state index contributed by atoms with van der Waals surface area (Å²) in [4.78, 5) is 4.40. The lowest BCUT2D eigenvalue weighted by Gasteiger charge is -2.10. The van der Waals surface area contributed by atoms with Gasteiger partial charge in [-0.05, 0) is 43.0 Å². The minimum atomic E-state index is -3.75. The highest BCUT2D eigenvalue weighted by Crippen LogP contribution is 2.38. The van der Waals surface area contributed by atoms with E-state index in [9.17, 15) is 8.42 Å². The molecule has 2 aromatic rings. The summed E-state index contributed by atoms with van der Waals surface area (Å²) in [5, 5.41) is 0. The molecule has 0 fully saturated rings. The monoisotopic (exact) mass is 318 g/mol. The van der Waals surface area contributed by atoms with Gasteiger partial charge in [-0.15, -0.1) is 0 Å². The smallest absolute Gasteiger partial charge is 0.265 e. The Morgan fingerprint density at radius 1 is 1.18 bits per heavy atom. The van der Waals surface area contributed by atoms with Gasteiger partial charge in [0.1, 0.15) is 4.90 Å². The molecule has 0 unspecified atom stereocenters. The van der Waals surface area contributed by atoms with E-state index < -0.39 is 10.0 Å². The molecule has 0 radical (unpaired) electrons. The lowest BCUT2D eigenvalue weighted by molar-refractivity contribution is 0.172. The minimum absolute atomic E-state index is 0.0300. The zero-order chi connectivity index (χ0) is 15.2. The van der Waals surface area contributed by atoms with E-state index >= 15 is 0 Å². The highest BCUT2D eigenvalue weighted by molar-refractivity contribution is 7.92. The predicted octanol–water partition coefficient (Wildman–Crippen LogP) is 2.10. The van der Waals surface area contributed by atoms with Crippen molar-refractivity contribution in [3.63, 3.8) is 0 Å². The second-order valence-corrected chi connectivity index (χ2v) is 6.93. The Morgan fingerprint density at radius 3 is 3.00 bits per heavy atom. The number of ether oxygens (including phenoxy) is 2. The largest absolute Gasteiger partial charge is 0.454 e. The number of fused-ring (bicyclic) bond motifs is 2. The Balaban J connectivity index is 1.69. The number of nitrogens with zero attached hydrogens (tertiary/aromatic N) is 1. The standard InChI is InChI=1S/C15H14N2O4S/c18-22(19,14-6-2-5-13-15(14)21-9-20-13)17-11-7-10-3-1-4-12(10)16-8-11/h2,5-8,17H,1,3-4,9H2. The molecule has 2 aliphatic rings. The number of benzene rings is 1. The first-order chi connectivity index (χ1) is 10.6. The van der Waals surface area contributed by atoms with Crippen molar-refractivity contribution in [3.8, 4) is 11.5 Å². The van der Waals surface area contributed by atoms with Crippen molar-refractivity contribution in [1.29, 1.82) is 0 Å². The number of aryl methyl sites for hydroxylation is 2. The third-order valence-electron chi connectivity index (χ3n) is 3.82. The number of hydrogen-bond donors (Lipinski definition) is 1. The fourth-order valence-electron chi connectivity index (χ4n) is 2.81. The quantitative estimate of drug-likeness (QED) is 0.938. The van der Waals surface area contributed by atoms with Gasteiger partial charge in [0.05, 0.1) is 11.9 Å². The van der Waals surface area contributed by atoms with Crippen LogP contribution in [0.15, 0.2) is 35.4 Å². The van der Waals surface area contributed by atoms with Gasteiger partial charge in [0.15, 0.2) is 11.5 Å². The molecule has 22 heavy (non-hydrogen) atoms. The van der Waals surface area contributed by atoms with Crippen LogP contribution in [0.1, 0.15) is 17.7 Å². The van der Waals surface area contributed by atoms with Crippen LogP contribution in [0.2, 0.25) is 0 Å². The highest BCUT2D eigenvalue weighted by Gasteiger charge is 2.26.